The highest BCUT2D eigenvalue weighted by atomic mass is 16.5. The van der Waals surface area contributed by atoms with Gasteiger partial charge in [-0.05, 0) is 108 Å². The molecule has 6 aliphatic heterocycles. The molecule has 0 radical (unpaired) electrons. The van der Waals surface area contributed by atoms with Crippen LogP contribution in [0.15, 0.2) is 103 Å². The van der Waals surface area contributed by atoms with Crippen LogP contribution in [0.25, 0.3) is 11.1 Å². The van der Waals surface area contributed by atoms with Crippen LogP contribution >= 0.6 is 0 Å². The molecular formula is C56H55N5O10. The van der Waals surface area contributed by atoms with Crippen molar-refractivity contribution in [3.05, 3.63) is 148 Å². The van der Waals surface area contributed by atoms with Crippen LogP contribution in [0, 0.1) is 5.92 Å². The Morgan fingerprint density at radius 3 is 1.77 bits per heavy atom. The number of benzene rings is 5. The molecule has 0 aliphatic carbocycles. The van der Waals surface area contributed by atoms with Gasteiger partial charge in [-0.3, -0.25) is 44.3 Å². The number of imide groups is 2. The van der Waals surface area contributed by atoms with E-state index in [-0.39, 0.29) is 62.3 Å². The van der Waals surface area contributed by atoms with Crippen LogP contribution in [0.1, 0.15) is 92.6 Å². The fourth-order valence-corrected chi connectivity index (χ4v) is 10.8. The summed E-state index contributed by atoms with van der Waals surface area (Å²) in [7, 11) is 0. The van der Waals surface area contributed by atoms with E-state index in [4.69, 9.17) is 18.9 Å². The summed E-state index contributed by atoms with van der Waals surface area (Å²) in [6.07, 6.45) is 4.06. The first-order valence-electron chi connectivity index (χ1n) is 24.7. The highest BCUT2D eigenvalue weighted by Crippen LogP contribution is 2.37. The maximum atomic E-state index is 13.5. The number of nitrogens with zero attached hydrogens (tertiary/aromatic N) is 3. The van der Waals surface area contributed by atoms with Gasteiger partial charge in [-0.25, -0.2) is 0 Å². The minimum absolute atomic E-state index is 0.0357. The van der Waals surface area contributed by atoms with E-state index in [2.05, 4.69) is 70.1 Å². The van der Waals surface area contributed by atoms with Gasteiger partial charge in [-0.2, -0.15) is 0 Å². The third kappa shape index (κ3) is 9.76. The number of carbonyl (C=O) groups is 6. The van der Waals surface area contributed by atoms with Crippen LogP contribution in [-0.4, -0.2) is 94.6 Å². The van der Waals surface area contributed by atoms with Crippen molar-refractivity contribution in [2.75, 3.05) is 26.3 Å². The zero-order valence-electron chi connectivity index (χ0n) is 39.4. The second-order valence-corrected chi connectivity index (χ2v) is 19.5. The quantitative estimate of drug-likeness (QED) is 0.113. The second-order valence-electron chi connectivity index (χ2n) is 19.5. The van der Waals surface area contributed by atoms with Crippen LogP contribution in [0.5, 0.6) is 17.2 Å². The monoisotopic (exact) mass is 957 g/mol. The van der Waals surface area contributed by atoms with Gasteiger partial charge in [-0.1, -0.05) is 66.7 Å². The van der Waals surface area contributed by atoms with Crippen molar-refractivity contribution in [2.45, 2.75) is 96.0 Å². The van der Waals surface area contributed by atoms with Crippen LogP contribution < -0.4 is 24.8 Å². The number of nitrogens with one attached hydrogen (secondary N) is 2. The minimum atomic E-state index is -0.706. The Hall–Kier alpha value is -7.36. The number of piperidine rings is 2. The van der Waals surface area contributed by atoms with E-state index in [0.717, 1.165) is 91.2 Å². The van der Waals surface area contributed by atoms with Crippen LogP contribution in [0.4, 0.5) is 0 Å². The third-order valence-corrected chi connectivity index (χ3v) is 14.7. The number of likely N-dealkylation sites (tertiary alicyclic amines) is 1. The van der Waals surface area contributed by atoms with Crippen molar-refractivity contribution in [3.8, 4) is 28.4 Å². The first-order chi connectivity index (χ1) is 34.6. The smallest absolute Gasteiger partial charge is 0.255 e. The summed E-state index contributed by atoms with van der Waals surface area (Å²) in [6.45, 7) is 4.99. The molecule has 2 atom stereocenters. The number of amides is 6. The van der Waals surface area contributed by atoms with E-state index in [1.54, 1.807) is 29.2 Å². The van der Waals surface area contributed by atoms with Gasteiger partial charge in [0, 0.05) is 67.9 Å². The number of ether oxygens (including phenoxy) is 4. The van der Waals surface area contributed by atoms with Crippen molar-refractivity contribution in [1.29, 1.82) is 0 Å². The number of fused-ring (bicyclic) bond motifs is 2. The molecule has 0 saturated carbocycles. The fourth-order valence-electron chi connectivity index (χ4n) is 10.8. The Morgan fingerprint density at radius 2 is 1.15 bits per heavy atom. The summed E-state index contributed by atoms with van der Waals surface area (Å²) >= 11 is 0. The topological polar surface area (TPSA) is 173 Å². The van der Waals surface area contributed by atoms with Gasteiger partial charge in [0.2, 0.25) is 23.6 Å². The SMILES string of the molecule is O=C1CCC(N2Cc3c(OCc4ccc(CN5CC(Oc6cccc(-c7cc(CC8CCOCC8)ccc7COc7cccc8c7CN(C7CCC(=O)NC7=O)C8=O)c6)C5)cc4)cccc3C2=O)C(=O)N1. The standard InChI is InChI=1S/C56H55N5O10/c62-51-18-16-47(53(64)57-51)60-30-45-42(55(60)66)6-2-8-49(45)69-32-36-12-10-35(11-13-36)27-59-28-41(29-59)71-40-5-1-4-38(26-40)44-25-37(24-34-20-22-68-23-21-34)14-15-39(44)33-70-50-9-3-7-43-46(50)31-61(56(43)67)48-17-19-52(63)58-54(48)65/h1-15,25-26,34,41,47-48H,16-24,27-33H2,(H,57,62,64)(H,58,63,65). The van der Waals surface area contributed by atoms with Gasteiger partial charge < -0.3 is 28.7 Å². The fraction of sp³-hybridized carbons (Fsp3) is 0.357. The van der Waals surface area contributed by atoms with Gasteiger partial charge in [0.05, 0.1) is 13.1 Å². The molecule has 364 valence electrons. The summed E-state index contributed by atoms with van der Waals surface area (Å²) in [5.41, 5.74) is 9.00. The summed E-state index contributed by atoms with van der Waals surface area (Å²) in [5, 5.41) is 4.73. The molecule has 4 saturated heterocycles. The van der Waals surface area contributed by atoms with Crippen LogP contribution in [0.2, 0.25) is 0 Å². The molecule has 15 heteroatoms. The summed E-state index contributed by atoms with van der Waals surface area (Å²) in [5.74, 6) is 0.562. The number of hydrogen-bond acceptors (Lipinski definition) is 11. The van der Waals surface area contributed by atoms with Gasteiger partial charge in [0.15, 0.2) is 0 Å². The number of carbonyl (C=O) groups excluding carboxylic acids is 6. The zero-order chi connectivity index (χ0) is 48.6. The van der Waals surface area contributed by atoms with E-state index in [0.29, 0.717) is 48.0 Å². The lowest BCUT2D eigenvalue weighted by Crippen LogP contribution is -2.53. The summed E-state index contributed by atoms with van der Waals surface area (Å²) in [4.78, 5) is 81.0. The highest BCUT2D eigenvalue weighted by Gasteiger charge is 2.42. The molecule has 2 unspecified atom stereocenters. The van der Waals surface area contributed by atoms with Gasteiger partial charge in [-0.15, -0.1) is 0 Å². The molecule has 2 N–H and O–H groups in total. The molecule has 11 rings (SSSR count). The largest absolute Gasteiger partial charge is 0.489 e. The van der Waals surface area contributed by atoms with Crippen molar-refractivity contribution in [2.24, 2.45) is 5.92 Å². The summed E-state index contributed by atoms with van der Waals surface area (Å²) in [6, 6.07) is 32.6. The third-order valence-electron chi connectivity index (χ3n) is 14.7. The predicted molar refractivity (Wildman–Crippen MR) is 259 cm³/mol. The van der Waals surface area contributed by atoms with Crippen molar-refractivity contribution < 1.29 is 47.7 Å². The van der Waals surface area contributed by atoms with Gasteiger partial charge in [0.1, 0.15) is 48.6 Å². The molecule has 6 aliphatic rings. The van der Waals surface area contributed by atoms with Crippen molar-refractivity contribution in [1.82, 2.24) is 25.3 Å². The summed E-state index contributed by atoms with van der Waals surface area (Å²) < 4.78 is 25.0. The van der Waals surface area contributed by atoms with E-state index >= 15 is 0 Å². The van der Waals surface area contributed by atoms with E-state index in [1.807, 2.05) is 24.3 Å². The molecule has 0 spiro atoms. The van der Waals surface area contributed by atoms with Gasteiger partial charge in [0.25, 0.3) is 11.8 Å². The van der Waals surface area contributed by atoms with E-state index in [9.17, 15) is 28.8 Å². The zero-order valence-corrected chi connectivity index (χ0v) is 39.4. The number of rotatable bonds is 15. The van der Waals surface area contributed by atoms with Crippen molar-refractivity contribution in [3.63, 3.8) is 0 Å². The van der Waals surface area contributed by atoms with Crippen LogP contribution in [0.3, 0.4) is 0 Å². The Bertz CT molecular complexity index is 2930. The minimum Gasteiger partial charge on any atom is -0.489 e. The lowest BCUT2D eigenvalue weighted by Gasteiger charge is -2.39. The molecule has 15 nitrogen and oxygen atoms in total. The lowest BCUT2D eigenvalue weighted by molar-refractivity contribution is -0.138. The number of hydrogen-bond donors (Lipinski definition) is 2. The Kier molecular flexibility index (Phi) is 12.8. The Balaban J connectivity index is 0.711. The van der Waals surface area contributed by atoms with Gasteiger partial charge >= 0.3 is 0 Å². The second kappa shape index (κ2) is 19.8. The maximum Gasteiger partial charge on any atom is 0.255 e. The Labute approximate surface area is 411 Å². The molecule has 6 amide bonds. The average molecular weight is 958 g/mol. The van der Waals surface area contributed by atoms with Crippen molar-refractivity contribution >= 4 is 35.4 Å². The molecule has 0 bridgehead atoms. The molecule has 6 heterocycles. The Morgan fingerprint density at radius 1 is 0.577 bits per heavy atom. The molecule has 4 fully saturated rings. The lowest BCUT2D eigenvalue weighted by atomic mass is 9.89. The van der Waals surface area contributed by atoms with E-state index in [1.165, 1.54) is 16.0 Å². The molecule has 71 heavy (non-hydrogen) atoms. The van der Waals surface area contributed by atoms with E-state index < -0.39 is 23.9 Å². The normalized spacial score (nSPS) is 20.6. The van der Waals surface area contributed by atoms with Crippen LogP contribution in [-0.2, 0) is 63.2 Å². The first kappa shape index (κ1) is 46.0. The molecule has 5 aromatic carbocycles. The molecular weight excluding hydrogens is 903 g/mol. The highest BCUT2D eigenvalue weighted by molar-refractivity contribution is 6.06. The maximum absolute atomic E-state index is 13.5. The molecule has 0 aromatic heterocycles. The molecule has 5 aromatic rings. The first-order valence-corrected chi connectivity index (χ1v) is 24.7. The average Bonchev–Trinajstić information content (AvgIpc) is 3.88. The predicted octanol–water partition coefficient (Wildman–Crippen LogP) is 6.27.